The van der Waals surface area contributed by atoms with Crippen molar-refractivity contribution in [2.75, 3.05) is 14.1 Å². The van der Waals surface area contributed by atoms with Gasteiger partial charge in [0.05, 0.1) is 5.57 Å². The van der Waals surface area contributed by atoms with E-state index in [0.29, 0.717) is 5.56 Å². The van der Waals surface area contributed by atoms with Gasteiger partial charge in [-0.25, -0.2) is 0 Å². The van der Waals surface area contributed by atoms with Crippen LogP contribution in [0.3, 0.4) is 0 Å². The molecule has 0 atom stereocenters. The molecule has 0 aromatic heterocycles. The summed E-state index contributed by atoms with van der Waals surface area (Å²) in [5.74, 6) is -0.434. The Kier molecular flexibility index (Phi) is 4.21. The summed E-state index contributed by atoms with van der Waals surface area (Å²) in [5, 5.41) is 0. The van der Waals surface area contributed by atoms with E-state index in [4.69, 9.17) is 0 Å². The number of benzene rings is 1. The van der Waals surface area contributed by atoms with Crippen LogP contribution in [0.2, 0.25) is 0 Å². The second-order valence-electron chi connectivity index (χ2n) is 4.21. The second-order valence-corrected chi connectivity index (χ2v) is 4.21. The van der Waals surface area contributed by atoms with Gasteiger partial charge in [0.25, 0.3) is 0 Å². The topological polar surface area (TPSA) is 37.4 Å². The van der Waals surface area contributed by atoms with Crippen LogP contribution in [0.1, 0.15) is 22.8 Å². The summed E-state index contributed by atoms with van der Waals surface area (Å²) in [6, 6.07) is 7.27. The minimum atomic E-state index is -0.218. The van der Waals surface area contributed by atoms with Crippen molar-refractivity contribution >= 4 is 11.6 Å². The molecule has 17 heavy (non-hydrogen) atoms. The van der Waals surface area contributed by atoms with E-state index < -0.39 is 0 Å². The molecule has 1 rings (SSSR count). The number of nitrogens with zero attached hydrogens (tertiary/aromatic N) is 1. The van der Waals surface area contributed by atoms with Gasteiger partial charge in [0.1, 0.15) is 0 Å². The first-order valence-electron chi connectivity index (χ1n) is 5.43. The number of Topliss-reactive ketones (excluding diaryl/α,β-unsaturated/α-hetero) is 2. The van der Waals surface area contributed by atoms with Crippen LogP contribution in [0.25, 0.3) is 0 Å². The molecule has 0 unspecified atom stereocenters. The maximum Gasteiger partial charge on any atom is 0.198 e. The Morgan fingerprint density at radius 1 is 1.18 bits per heavy atom. The van der Waals surface area contributed by atoms with Gasteiger partial charge in [-0.15, -0.1) is 0 Å². The molecule has 0 aliphatic rings. The van der Waals surface area contributed by atoms with E-state index >= 15 is 0 Å². The van der Waals surface area contributed by atoms with Crippen molar-refractivity contribution in [1.82, 2.24) is 4.90 Å². The highest BCUT2D eigenvalue weighted by Gasteiger charge is 2.18. The standard InChI is InChI=1S/C14H17NO2/c1-10-7-5-6-8-12(10)14(17)13(11(2)16)9-15(3)4/h5-9H,1-4H3. The number of ketones is 2. The van der Waals surface area contributed by atoms with E-state index in [1.165, 1.54) is 6.92 Å². The molecule has 3 nitrogen and oxygen atoms in total. The Hall–Kier alpha value is -1.90. The number of aryl methyl sites for hydroxylation is 1. The molecular formula is C14H17NO2. The van der Waals surface area contributed by atoms with Crippen LogP contribution >= 0.6 is 0 Å². The second kappa shape index (κ2) is 5.43. The first-order valence-corrected chi connectivity index (χ1v) is 5.43. The molecule has 90 valence electrons. The normalized spacial score (nSPS) is 11.2. The van der Waals surface area contributed by atoms with E-state index in [1.54, 1.807) is 37.3 Å². The van der Waals surface area contributed by atoms with Gasteiger partial charge in [0.2, 0.25) is 0 Å². The summed E-state index contributed by atoms with van der Waals surface area (Å²) in [7, 11) is 3.57. The molecule has 0 radical (unpaired) electrons. The predicted octanol–water partition coefficient (Wildman–Crippen LogP) is 2.21. The number of rotatable bonds is 4. The Balaban J connectivity index is 3.19. The van der Waals surface area contributed by atoms with Crippen molar-refractivity contribution in [3.8, 4) is 0 Å². The van der Waals surface area contributed by atoms with Crippen LogP contribution < -0.4 is 0 Å². The third kappa shape index (κ3) is 3.28. The number of allylic oxidation sites excluding steroid dienone is 1. The predicted molar refractivity (Wildman–Crippen MR) is 68.0 cm³/mol. The summed E-state index contributed by atoms with van der Waals surface area (Å²) in [5.41, 5.74) is 1.67. The third-order valence-electron chi connectivity index (χ3n) is 2.40. The van der Waals surface area contributed by atoms with Crippen LogP contribution in [0, 0.1) is 6.92 Å². The Labute approximate surface area is 102 Å². The maximum atomic E-state index is 12.2. The monoisotopic (exact) mass is 231 g/mol. The Morgan fingerprint density at radius 2 is 1.76 bits per heavy atom. The number of hydrogen-bond acceptors (Lipinski definition) is 3. The lowest BCUT2D eigenvalue weighted by molar-refractivity contribution is -0.113. The van der Waals surface area contributed by atoms with Crippen molar-refractivity contribution in [2.45, 2.75) is 13.8 Å². The highest BCUT2D eigenvalue weighted by atomic mass is 16.1. The molecule has 0 saturated carbocycles. The lowest BCUT2D eigenvalue weighted by atomic mass is 9.97. The SMILES string of the molecule is CC(=O)C(=CN(C)C)C(=O)c1ccccc1C. The minimum absolute atomic E-state index is 0.212. The van der Waals surface area contributed by atoms with Gasteiger partial charge in [-0.05, 0) is 19.4 Å². The summed E-state index contributed by atoms with van der Waals surface area (Å²) < 4.78 is 0. The fourth-order valence-corrected chi connectivity index (χ4v) is 1.54. The third-order valence-corrected chi connectivity index (χ3v) is 2.40. The molecule has 0 aliphatic carbocycles. The number of carbonyl (C=O) groups excluding carboxylic acids is 2. The van der Waals surface area contributed by atoms with Crippen LogP contribution in [-0.4, -0.2) is 30.6 Å². The lowest BCUT2D eigenvalue weighted by Crippen LogP contribution is -2.16. The first kappa shape index (κ1) is 13.2. The van der Waals surface area contributed by atoms with E-state index in [1.807, 2.05) is 19.1 Å². The molecule has 1 aromatic carbocycles. The zero-order valence-corrected chi connectivity index (χ0v) is 10.7. The molecule has 1 aromatic rings. The molecule has 0 saturated heterocycles. The van der Waals surface area contributed by atoms with Crippen LogP contribution in [0.4, 0.5) is 0 Å². The maximum absolute atomic E-state index is 12.2. The zero-order valence-electron chi connectivity index (χ0n) is 10.7. The molecule has 0 fully saturated rings. The molecule has 3 heteroatoms. The van der Waals surface area contributed by atoms with Crippen molar-refractivity contribution in [3.63, 3.8) is 0 Å². The largest absolute Gasteiger partial charge is 0.383 e. The highest BCUT2D eigenvalue weighted by Crippen LogP contribution is 2.14. The summed E-state index contributed by atoms with van der Waals surface area (Å²) in [6.45, 7) is 3.27. The molecule has 0 aliphatic heterocycles. The molecule has 0 spiro atoms. The molecule has 0 amide bonds. The quantitative estimate of drug-likeness (QED) is 0.345. The summed E-state index contributed by atoms with van der Waals surface area (Å²) in [6.07, 6.45) is 1.57. The zero-order chi connectivity index (χ0) is 13.0. The van der Waals surface area contributed by atoms with Crippen LogP contribution in [0.15, 0.2) is 36.0 Å². The minimum Gasteiger partial charge on any atom is -0.383 e. The number of hydrogen-bond donors (Lipinski definition) is 0. The van der Waals surface area contributed by atoms with Gasteiger partial charge in [-0.2, -0.15) is 0 Å². The van der Waals surface area contributed by atoms with Crippen molar-refractivity contribution in [3.05, 3.63) is 47.2 Å². The van der Waals surface area contributed by atoms with Gasteiger partial charge in [0, 0.05) is 25.9 Å². The van der Waals surface area contributed by atoms with E-state index in [-0.39, 0.29) is 17.1 Å². The van der Waals surface area contributed by atoms with Crippen molar-refractivity contribution < 1.29 is 9.59 Å². The molecule has 0 bridgehead atoms. The van der Waals surface area contributed by atoms with Crippen LogP contribution in [-0.2, 0) is 4.79 Å². The van der Waals surface area contributed by atoms with Gasteiger partial charge in [-0.1, -0.05) is 24.3 Å². The summed E-state index contributed by atoms with van der Waals surface area (Å²) in [4.78, 5) is 25.4. The Morgan fingerprint density at radius 3 is 2.24 bits per heavy atom. The van der Waals surface area contributed by atoms with E-state index in [0.717, 1.165) is 5.56 Å². The fourth-order valence-electron chi connectivity index (χ4n) is 1.54. The molecular weight excluding hydrogens is 214 g/mol. The van der Waals surface area contributed by atoms with E-state index in [2.05, 4.69) is 0 Å². The highest BCUT2D eigenvalue weighted by molar-refractivity contribution is 6.25. The lowest BCUT2D eigenvalue weighted by Gasteiger charge is -2.10. The van der Waals surface area contributed by atoms with Crippen molar-refractivity contribution in [2.24, 2.45) is 0 Å². The summed E-state index contributed by atoms with van der Waals surface area (Å²) >= 11 is 0. The van der Waals surface area contributed by atoms with Crippen LogP contribution in [0.5, 0.6) is 0 Å². The molecule has 0 N–H and O–H groups in total. The van der Waals surface area contributed by atoms with Gasteiger partial charge >= 0.3 is 0 Å². The first-order chi connectivity index (χ1) is 7.93. The van der Waals surface area contributed by atoms with Gasteiger partial charge in [-0.3, -0.25) is 9.59 Å². The average molecular weight is 231 g/mol. The smallest absolute Gasteiger partial charge is 0.198 e. The van der Waals surface area contributed by atoms with Gasteiger partial charge < -0.3 is 4.90 Å². The van der Waals surface area contributed by atoms with Crippen molar-refractivity contribution in [1.29, 1.82) is 0 Å². The van der Waals surface area contributed by atoms with Gasteiger partial charge in [0.15, 0.2) is 11.6 Å². The Bertz CT molecular complexity index is 473. The van der Waals surface area contributed by atoms with E-state index in [9.17, 15) is 9.59 Å². The fraction of sp³-hybridized carbons (Fsp3) is 0.286. The number of carbonyl (C=O) groups is 2. The average Bonchev–Trinajstić information content (AvgIpc) is 2.25. The molecule has 0 heterocycles.